The molecule has 0 aromatic heterocycles. The van der Waals surface area contributed by atoms with Gasteiger partial charge in [-0.15, -0.1) is 0 Å². The molecule has 1 aromatic rings. The van der Waals surface area contributed by atoms with Crippen LogP contribution in [0.3, 0.4) is 0 Å². The predicted molar refractivity (Wildman–Crippen MR) is 110 cm³/mol. The van der Waals surface area contributed by atoms with Gasteiger partial charge in [0.2, 0.25) is 0 Å². The van der Waals surface area contributed by atoms with Crippen LogP contribution in [0, 0.1) is 0 Å². The summed E-state index contributed by atoms with van der Waals surface area (Å²) in [5.74, 6) is -0.302. The van der Waals surface area contributed by atoms with E-state index in [9.17, 15) is 9.59 Å². The molecule has 0 atom stereocenters. The van der Waals surface area contributed by atoms with Crippen LogP contribution in [-0.4, -0.2) is 40.8 Å². The molecular formula is C22H35NO5. The van der Waals surface area contributed by atoms with Crippen molar-refractivity contribution >= 4 is 12.1 Å². The number of unbranched alkanes of at least 4 members (excludes halogenated alkanes) is 5. The van der Waals surface area contributed by atoms with E-state index in [1.165, 1.54) is 37.0 Å². The zero-order chi connectivity index (χ0) is 21.0. The first-order valence-corrected chi connectivity index (χ1v) is 10.1. The van der Waals surface area contributed by atoms with Crippen LogP contribution in [-0.2, 0) is 16.1 Å². The van der Waals surface area contributed by atoms with E-state index in [1.807, 2.05) is 24.3 Å². The topological polar surface area (TPSA) is 76.1 Å². The molecule has 0 aliphatic carbocycles. The number of carboxylic acids is 1. The summed E-state index contributed by atoms with van der Waals surface area (Å²) in [4.78, 5) is 24.5. The highest BCUT2D eigenvalue weighted by Gasteiger charge is 2.24. The first-order chi connectivity index (χ1) is 13.2. The van der Waals surface area contributed by atoms with Gasteiger partial charge in [-0.2, -0.15) is 0 Å². The van der Waals surface area contributed by atoms with E-state index >= 15 is 0 Å². The largest absolute Gasteiger partial charge is 0.494 e. The van der Waals surface area contributed by atoms with Crippen molar-refractivity contribution in [2.24, 2.45) is 0 Å². The van der Waals surface area contributed by atoms with Gasteiger partial charge in [0, 0.05) is 6.54 Å². The van der Waals surface area contributed by atoms with Crippen molar-refractivity contribution in [3.05, 3.63) is 29.8 Å². The van der Waals surface area contributed by atoms with Gasteiger partial charge in [-0.05, 0) is 44.9 Å². The Morgan fingerprint density at radius 3 is 2.18 bits per heavy atom. The molecular weight excluding hydrogens is 358 g/mol. The number of rotatable bonds is 12. The molecule has 1 rings (SSSR count). The van der Waals surface area contributed by atoms with Gasteiger partial charge >= 0.3 is 12.1 Å². The molecule has 1 N–H and O–H groups in total. The summed E-state index contributed by atoms with van der Waals surface area (Å²) in [5, 5.41) is 9.07. The van der Waals surface area contributed by atoms with Gasteiger partial charge in [0.1, 0.15) is 17.9 Å². The second-order valence-electron chi connectivity index (χ2n) is 7.99. The number of nitrogens with zero attached hydrogens (tertiary/aromatic N) is 1. The lowest BCUT2D eigenvalue weighted by Crippen LogP contribution is -2.39. The van der Waals surface area contributed by atoms with Gasteiger partial charge in [-0.25, -0.2) is 4.79 Å². The summed E-state index contributed by atoms with van der Waals surface area (Å²) < 4.78 is 11.0. The molecule has 0 radical (unpaired) electrons. The predicted octanol–water partition coefficient (Wildman–Crippen LogP) is 5.25. The van der Waals surface area contributed by atoms with Crippen molar-refractivity contribution in [1.82, 2.24) is 4.90 Å². The van der Waals surface area contributed by atoms with Crippen LogP contribution in [0.4, 0.5) is 4.79 Å². The Hall–Kier alpha value is -2.24. The van der Waals surface area contributed by atoms with E-state index in [2.05, 4.69) is 6.92 Å². The van der Waals surface area contributed by atoms with E-state index in [0.29, 0.717) is 6.61 Å². The van der Waals surface area contributed by atoms with Crippen molar-refractivity contribution in [3.8, 4) is 5.75 Å². The van der Waals surface area contributed by atoms with Crippen LogP contribution in [0.25, 0.3) is 0 Å². The fourth-order valence-corrected chi connectivity index (χ4v) is 2.66. The third kappa shape index (κ3) is 10.8. The minimum absolute atomic E-state index is 0.166. The molecule has 0 unspecified atom stereocenters. The Kier molecular flexibility index (Phi) is 10.4. The fourth-order valence-electron chi connectivity index (χ4n) is 2.66. The zero-order valence-electron chi connectivity index (χ0n) is 17.7. The molecule has 28 heavy (non-hydrogen) atoms. The van der Waals surface area contributed by atoms with Gasteiger partial charge in [-0.1, -0.05) is 51.2 Å². The van der Waals surface area contributed by atoms with Crippen LogP contribution in [0.1, 0.15) is 71.8 Å². The summed E-state index contributed by atoms with van der Waals surface area (Å²) in [5.41, 5.74) is 0.140. The number of hydrogen-bond donors (Lipinski definition) is 1. The SMILES string of the molecule is CCCCCCCCOc1ccc(CN(CC(=O)O)C(=O)OC(C)(C)C)cc1. The fraction of sp³-hybridized carbons (Fsp3) is 0.636. The highest BCUT2D eigenvalue weighted by atomic mass is 16.6. The summed E-state index contributed by atoms with van der Waals surface area (Å²) in [7, 11) is 0. The average Bonchev–Trinajstić information content (AvgIpc) is 2.60. The van der Waals surface area contributed by atoms with Crippen LogP contribution >= 0.6 is 0 Å². The molecule has 1 aromatic carbocycles. The second kappa shape index (κ2) is 12.3. The summed E-state index contributed by atoms with van der Waals surface area (Å²) in [6, 6.07) is 7.38. The van der Waals surface area contributed by atoms with Gasteiger partial charge < -0.3 is 14.6 Å². The third-order valence-corrected chi connectivity index (χ3v) is 4.04. The van der Waals surface area contributed by atoms with Gasteiger partial charge in [-0.3, -0.25) is 9.69 Å². The van der Waals surface area contributed by atoms with Gasteiger partial charge in [0.25, 0.3) is 0 Å². The molecule has 0 aliphatic rings. The van der Waals surface area contributed by atoms with Crippen molar-refractivity contribution in [2.75, 3.05) is 13.2 Å². The maximum Gasteiger partial charge on any atom is 0.411 e. The number of amides is 1. The van der Waals surface area contributed by atoms with E-state index in [4.69, 9.17) is 14.6 Å². The quantitative estimate of drug-likeness (QED) is 0.491. The summed E-state index contributed by atoms with van der Waals surface area (Å²) in [6.45, 7) is 7.90. The average molecular weight is 394 g/mol. The first kappa shape index (κ1) is 23.8. The Labute approximate surface area is 168 Å². The molecule has 1 amide bonds. The molecule has 0 bridgehead atoms. The van der Waals surface area contributed by atoms with E-state index in [-0.39, 0.29) is 6.54 Å². The lowest BCUT2D eigenvalue weighted by Gasteiger charge is -2.26. The highest BCUT2D eigenvalue weighted by molar-refractivity contribution is 5.76. The monoisotopic (exact) mass is 393 g/mol. The van der Waals surface area contributed by atoms with E-state index in [0.717, 1.165) is 17.7 Å². The molecule has 0 saturated heterocycles. The van der Waals surface area contributed by atoms with Crippen molar-refractivity contribution in [3.63, 3.8) is 0 Å². The third-order valence-electron chi connectivity index (χ3n) is 4.04. The standard InChI is InChI=1S/C22H35NO5/c1-5-6-7-8-9-10-15-27-19-13-11-18(12-14-19)16-23(17-20(24)25)21(26)28-22(2,3)4/h11-14H,5-10,15-17H2,1-4H3,(H,24,25). The molecule has 6 nitrogen and oxygen atoms in total. The number of carboxylic acid groups (broad SMARTS) is 1. The van der Waals surface area contributed by atoms with Crippen LogP contribution in [0.5, 0.6) is 5.75 Å². The molecule has 0 aliphatic heterocycles. The zero-order valence-corrected chi connectivity index (χ0v) is 17.7. The molecule has 158 valence electrons. The van der Waals surface area contributed by atoms with Crippen LogP contribution in [0.2, 0.25) is 0 Å². The number of benzene rings is 1. The van der Waals surface area contributed by atoms with Crippen molar-refractivity contribution < 1.29 is 24.2 Å². The molecule has 0 heterocycles. The smallest absolute Gasteiger partial charge is 0.411 e. The molecule has 0 fully saturated rings. The summed E-state index contributed by atoms with van der Waals surface area (Å²) in [6.07, 6.45) is 6.66. The number of carbonyl (C=O) groups is 2. The number of hydrogen-bond acceptors (Lipinski definition) is 4. The molecule has 6 heteroatoms. The van der Waals surface area contributed by atoms with Crippen LogP contribution < -0.4 is 4.74 Å². The summed E-state index contributed by atoms with van der Waals surface area (Å²) >= 11 is 0. The lowest BCUT2D eigenvalue weighted by atomic mass is 10.1. The minimum Gasteiger partial charge on any atom is -0.494 e. The van der Waals surface area contributed by atoms with Crippen molar-refractivity contribution in [1.29, 1.82) is 0 Å². The molecule has 0 saturated carbocycles. The van der Waals surface area contributed by atoms with Gasteiger partial charge in [0.15, 0.2) is 0 Å². The Morgan fingerprint density at radius 1 is 1.00 bits per heavy atom. The number of aliphatic carboxylic acids is 1. The highest BCUT2D eigenvalue weighted by Crippen LogP contribution is 2.17. The molecule has 0 spiro atoms. The Morgan fingerprint density at radius 2 is 1.61 bits per heavy atom. The lowest BCUT2D eigenvalue weighted by molar-refractivity contribution is -0.138. The number of carbonyl (C=O) groups excluding carboxylic acids is 1. The Bertz CT molecular complexity index is 592. The Balaban J connectivity index is 2.50. The normalized spacial score (nSPS) is 11.1. The van der Waals surface area contributed by atoms with Crippen molar-refractivity contribution in [2.45, 2.75) is 78.4 Å². The maximum absolute atomic E-state index is 12.2. The van der Waals surface area contributed by atoms with E-state index < -0.39 is 24.2 Å². The second-order valence-corrected chi connectivity index (χ2v) is 7.99. The first-order valence-electron chi connectivity index (χ1n) is 10.1. The maximum atomic E-state index is 12.2. The van der Waals surface area contributed by atoms with Gasteiger partial charge in [0.05, 0.1) is 6.61 Å². The van der Waals surface area contributed by atoms with Crippen LogP contribution in [0.15, 0.2) is 24.3 Å². The van der Waals surface area contributed by atoms with E-state index in [1.54, 1.807) is 20.8 Å². The number of ether oxygens (including phenoxy) is 2. The minimum atomic E-state index is -1.08.